The van der Waals surface area contributed by atoms with Crippen LogP contribution in [-0.4, -0.2) is 25.0 Å². The smallest absolute Gasteiger partial charge is 0.481 e. The van der Waals surface area contributed by atoms with Crippen LogP contribution in [-0.2, 0) is 21.2 Å². The van der Waals surface area contributed by atoms with Gasteiger partial charge in [-0.05, 0) is 17.7 Å². The molecule has 9 heteroatoms. The first-order chi connectivity index (χ1) is 8.12. The van der Waals surface area contributed by atoms with Crippen molar-refractivity contribution in [3.8, 4) is 0 Å². The summed E-state index contributed by atoms with van der Waals surface area (Å²) in [5, 5.41) is 8.47. The van der Waals surface area contributed by atoms with Crippen LogP contribution in [0.4, 0.5) is 18.9 Å². The third kappa shape index (κ3) is 3.62. The van der Waals surface area contributed by atoms with E-state index in [-0.39, 0.29) is 12.1 Å². The van der Waals surface area contributed by atoms with Crippen molar-refractivity contribution < 1.29 is 31.5 Å². The lowest BCUT2D eigenvalue weighted by Gasteiger charge is -2.10. The second kappa shape index (κ2) is 4.84. The molecule has 0 saturated heterocycles. The van der Waals surface area contributed by atoms with Crippen LogP contribution in [0, 0.1) is 0 Å². The minimum Gasteiger partial charge on any atom is -0.481 e. The minimum atomic E-state index is -5.45. The van der Waals surface area contributed by atoms with Crippen LogP contribution < -0.4 is 4.72 Å². The van der Waals surface area contributed by atoms with Gasteiger partial charge in [0.25, 0.3) is 0 Å². The van der Waals surface area contributed by atoms with Gasteiger partial charge in [0, 0.05) is 5.69 Å². The molecule has 0 amide bonds. The van der Waals surface area contributed by atoms with Gasteiger partial charge in [0.1, 0.15) is 0 Å². The molecule has 2 N–H and O–H groups in total. The first kappa shape index (κ1) is 14.3. The molecular weight excluding hydrogens is 275 g/mol. The van der Waals surface area contributed by atoms with Crippen molar-refractivity contribution in [2.45, 2.75) is 11.9 Å². The van der Waals surface area contributed by atoms with Crippen LogP contribution in [0.5, 0.6) is 0 Å². The zero-order chi connectivity index (χ0) is 14.0. The van der Waals surface area contributed by atoms with Crippen LogP contribution in [0.2, 0.25) is 0 Å². The van der Waals surface area contributed by atoms with E-state index >= 15 is 0 Å². The van der Waals surface area contributed by atoms with E-state index in [1.807, 2.05) is 0 Å². The first-order valence-corrected chi connectivity index (χ1v) is 6.00. The van der Waals surface area contributed by atoms with E-state index in [0.29, 0.717) is 5.56 Å². The van der Waals surface area contributed by atoms with Gasteiger partial charge in [-0.15, -0.1) is 0 Å². The average Bonchev–Trinajstić information content (AvgIpc) is 2.18. The van der Waals surface area contributed by atoms with Crippen molar-refractivity contribution in [2.75, 3.05) is 4.72 Å². The molecule has 0 aromatic heterocycles. The van der Waals surface area contributed by atoms with Gasteiger partial charge in [-0.1, -0.05) is 12.1 Å². The van der Waals surface area contributed by atoms with Gasteiger partial charge in [-0.2, -0.15) is 21.6 Å². The van der Waals surface area contributed by atoms with Crippen LogP contribution in [0.1, 0.15) is 5.56 Å². The van der Waals surface area contributed by atoms with Crippen LogP contribution in [0.15, 0.2) is 24.3 Å². The van der Waals surface area contributed by atoms with Crippen molar-refractivity contribution in [2.24, 2.45) is 0 Å². The lowest BCUT2D eigenvalue weighted by molar-refractivity contribution is -0.136. The number of halogens is 3. The van der Waals surface area contributed by atoms with E-state index in [0.717, 1.165) is 12.1 Å². The molecule has 0 aliphatic rings. The molecular formula is C9H8F3NO4S. The number of aliphatic carboxylic acids is 1. The maximum absolute atomic E-state index is 12.0. The fourth-order valence-corrected chi connectivity index (χ4v) is 1.64. The Morgan fingerprint density at radius 1 is 1.22 bits per heavy atom. The summed E-state index contributed by atoms with van der Waals surface area (Å²) >= 11 is 0. The molecule has 18 heavy (non-hydrogen) atoms. The van der Waals surface area contributed by atoms with Crippen LogP contribution >= 0.6 is 0 Å². The van der Waals surface area contributed by atoms with Gasteiger partial charge in [-0.25, -0.2) is 0 Å². The molecule has 0 bridgehead atoms. The molecule has 0 heterocycles. The fraction of sp³-hybridized carbons (Fsp3) is 0.222. The Morgan fingerprint density at radius 2 is 1.72 bits per heavy atom. The summed E-state index contributed by atoms with van der Waals surface area (Å²) in [5.41, 5.74) is -5.34. The Bertz CT molecular complexity index is 536. The summed E-state index contributed by atoms with van der Waals surface area (Å²) in [4.78, 5) is 10.4. The Hall–Kier alpha value is -1.77. The molecule has 0 saturated carbocycles. The number of alkyl halides is 3. The fourth-order valence-electron chi connectivity index (χ4n) is 1.08. The Kier molecular flexibility index (Phi) is 3.85. The van der Waals surface area contributed by atoms with E-state index in [2.05, 4.69) is 0 Å². The number of carbonyl (C=O) groups is 1. The largest absolute Gasteiger partial charge is 0.516 e. The van der Waals surface area contributed by atoms with E-state index in [1.165, 1.54) is 16.9 Å². The normalized spacial score (nSPS) is 12.2. The van der Waals surface area contributed by atoms with Crippen molar-refractivity contribution in [3.05, 3.63) is 29.8 Å². The van der Waals surface area contributed by atoms with Crippen molar-refractivity contribution in [3.63, 3.8) is 0 Å². The predicted molar refractivity (Wildman–Crippen MR) is 56.4 cm³/mol. The second-order valence-electron chi connectivity index (χ2n) is 3.32. The molecule has 0 spiro atoms. The van der Waals surface area contributed by atoms with Crippen molar-refractivity contribution in [1.29, 1.82) is 0 Å². The number of sulfonamides is 1. The predicted octanol–water partition coefficient (Wildman–Crippen LogP) is 1.58. The van der Waals surface area contributed by atoms with Gasteiger partial charge in [0.15, 0.2) is 0 Å². The summed E-state index contributed by atoms with van der Waals surface area (Å²) in [5.74, 6) is -1.10. The van der Waals surface area contributed by atoms with Crippen LogP contribution in [0.3, 0.4) is 0 Å². The summed E-state index contributed by atoms with van der Waals surface area (Å²) < 4.78 is 59.0. The number of nitrogens with one attached hydrogen (secondary N) is 1. The van der Waals surface area contributed by atoms with Crippen LogP contribution in [0.25, 0.3) is 0 Å². The third-order valence-corrected chi connectivity index (χ3v) is 2.98. The first-order valence-electron chi connectivity index (χ1n) is 4.51. The van der Waals surface area contributed by atoms with Crippen molar-refractivity contribution >= 4 is 21.7 Å². The number of rotatable bonds is 4. The van der Waals surface area contributed by atoms with E-state index in [9.17, 15) is 26.4 Å². The van der Waals surface area contributed by atoms with Gasteiger partial charge >= 0.3 is 21.5 Å². The highest BCUT2D eigenvalue weighted by Gasteiger charge is 2.45. The number of carboxylic acids is 1. The molecule has 1 aromatic rings. The van der Waals surface area contributed by atoms with E-state index in [4.69, 9.17) is 5.11 Å². The number of anilines is 1. The highest BCUT2D eigenvalue weighted by Crippen LogP contribution is 2.25. The highest BCUT2D eigenvalue weighted by molar-refractivity contribution is 7.93. The third-order valence-electron chi connectivity index (χ3n) is 1.87. The topological polar surface area (TPSA) is 83.5 Å². The van der Waals surface area contributed by atoms with Gasteiger partial charge in [0.2, 0.25) is 0 Å². The zero-order valence-corrected chi connectivity index (χ0v) is 9.55. The van der Waals surface area contributed by atoms with Gasteiger partial charge < -0.3 is 5.11 Å². The standard InChI is InChI=1S/C9H8F3NO4S/c10-9(11,12)18(16,17)13-7-3-1-6(2-4-7)5-8(14)15/h1-4,13H,5H2,(H,14,15). The van der Waals surface area contributed by atoms with E-state index in [1.54, 1.807) is 0 Å². The lowest BCUT2D eigenvalue weighted by atomic mass is 10.1. The Labute approximate surface area is 100 Å². The summed E-state index contributed by atoms with van der Waals surface area (Å²) in [6, 6.07) is 4.56. The zero-order valence-electron chi connectivity index (χ0n) is 8.73. The van der Waals surface area contributed by atoms with Gasteiger partial charge in [-0.3, -0.25) is 9.52 Å². The average molecular weight is 283 g/mol. The molecule has 0 aliphatic heterocycles. The lowest BCUT2D eigenvalue weighted by Crippen LogP contribution is -2.29. The molecule has 0 unspecified atom stereocenters. The SMILES string of the molecule is O=C(O)Cc1ccc(NS(=O)(=O)C(F)(F)F)cc1. The van der Waals surface area contributed by atoms with Gasteiger partial charge in [0.05, 0.1) is 6.42 Å². The molecule has 1 rings (SSSR count). The Morgan fingerprint density at radius 3 is 2.11 bits per heavy atom. The molecule has 5 nitrogen and oxygen atoms in total. The highest BCUT2D eigenvalue weighted by atomic mass is 32.2. The number of carboxylic acid groups (broad SMARTS) is 1. The molecule has 0 atom stereocenters. The molecule has 0 aliphatic carbocycles. The van der Waals surface area contributed by atoms with Crippen molar-refractivity contribution in [1.82, 2.24) is 0 Å². The molecule has 0 fully saturated rings. The monoisotopic (exact) mass is 283 g/mol. The maximum Gasteiger partial charge on any atom is 0.516 e. The summed E-state index contributed by atoms with van der Waals surface area (Å²) in [7, 11) is -5.45. The minimum absolute atomic E-state index is 0.290. The molecule has 0 radical (unpaired) electrons. The summed E-state index contributed by atoms with van der Waals surface area (Å²) in [6.45, 7) is 0. The number of hydrogen-bond acceptors (Lipinski definition) is 3. The summed E-state index contributed by atoms with van der Waals surface area (Å²) in [6.07, 6.45) is -0.299. The molecule has 1 aromatic carbocycles. The van der Waals surface area contributed by atoms with E-state index < -0.39 is 21.5 Å². The molecule has 100 valence electrons. The Balaban J connectivity index is 2.85. The second-order valence-corrected chi connectivity index (χ2v) is 4.99. The number of benzene rings is 1. The number of hydrogen-bond donors (Lipinski definition) is 2. The quantitative estimate of drug-likeness (QED) is 0.878. The maximum atomic E-state index is 12.0.